The Kier molecular flexibility index (Phi) is 8.31. The Morgan fingerprint density at radius 3 is 2.67 bits per heavy atom. The minimum atomic E-state index is -0.738. The van der Waals surface area contributed by atoms with Crippen molar-refractivity contribution in [2.24, 2.45) is 0 Å². The van der Waals surface area contributed by atoms with E-state index >= 15 is 0 Å². The number of halogens is 1. The van der Waals surface area contributed by atoms with E-state index in [-0.39, 0.29) is 36.8 Å². The molecule has 2 aliphatic rings. The number of carbonyl (C=O) groups is 2. The number of nitrogens with one attached hydrogen (secondary N) is 2. The van der Waals surface area contributed by atoms with Gasteiger partial charge in [-0.05, 0) is 30.0 Å². The summed E-state index contributed by atoms with van der Waals surface area (Å²) in [6.45, 7) is 3.96. The highest BCUT2D eigenvalue weighted by Crippen LogP contribution is 2.41. The molecule has 2 aromatic carbocycles. The molecule has 7 nitrogen and oxygen atoms in total. The number of hydrogen-bond donors (Lipinski definition) is 3. The molecule has 0 radical (unpaired) electrons. The second-order valence-corrected chi connectivity index (χ2v) is 9.98. The summed E-state index contributed by atoms with van der Waals surface area (Å²) in [5.74, 6) is -0.0944. The minimum absolute atomic E-state index is 0. The Hall–Kier alpha value is -2.91. The van der Waals surface area contributed by atoms with Crippen LogP contribution in [0.5, 0.6) is 5.75 Å². The number of fused-ring (bicyclic) bond motifs is 2. The van der Waals surface area contributed by atoms with E-state index in [9.17, 15) is 14.7 Å². The lowest BCUT2D eigenvalue weighted by Crippen LogP contribution is -2.49. The third-order valence-electron chi connectivity index (χ3n) is 6.53. The highest BCUT2D eigenvalue weighted by atomic mass is 35.5. The zero-order chi connectivity index (χ0) is 24.4. The molecular formula is C27H30ClN3O4S. The number of aliphatic hydroxyl groups is 1. The van der Waals surface area contributed by atoms with Crippen molar-refractivity contribution in [3.63, 3.8) is 0 Å². The predicted molar refractivity (Wildman–Crippen MR) is 142 cm³/mol. The fourth-order valence-corrected chi connectivity index (χ4v) is 5.89. The van der Waals surface area contributed by atoms with Crippen LogP contribution in [0.4, 0.5) is 0 Å². The molecule has 0 aliphatic carbocycles. The van der Waals surface area contributed by atoms with Crippen LogP contribution in [-0.4, -0.2) is 47.1 Å². The van der Waals surface area contributed by atoms with E-state index < -0.39 is 6.10 Å². The second kappa shape index (κ2) is 11.4. The van der Waals surface area contributed by atoms with Gasteiger partial charge in [-0.1, -0.05) is 54.6 Å². The highest BCUT2D eigenvalue weighted by molar-refractivity contribution is 7.15. The molecule has 3 N–H and O–H groups in total. The van der Waals surface area contributed by atoms with Gasteiger partial charge < -0.3 is 25.4 Å². The Labute approximate surface area is 220 Å². The Morgan fingerprint density at radius 1 is 1.19 bits per heavy atom. The monoisotopic (exact) mass is 527 g/mol. The Balaban J connectivity index is 0.00000304. The van der Waals surface area contributed by atoms with E-state index in [1.54, 1.807) is 4.90 Å². The van der Waals surface area contributed by atoms with Crippen molar-refractivity contribution in [3.05, 3.63) is 86.6 Å². The van der Waals surface area contributed by atoms with Gasteiger partial charge in [-0.25, -0.2) is 0 Å². The van der Waals surface area contributed by atoms with Crippen molar-refractivity contribution < 1.29 is 19.4 Å². The number of benzene rings is 2. The summed E-state index contributed by atoms with van der Waals surface area (Å²) in [7, 11) is 0. The van der Waals surface area contributed by atoms with Crippen molar-refractivity contribution in [1.82, 2.24) is 15.5 Å². The molecule has 5 rings (SSSR count). The van der Waals surface area contributed by atoms with Gasteiger partial charge in [-0.3, -0.25) is 9.59 Å². The molecule has 9 heteroatoms. The molecular weight excluding hydrogens is 498 g/mol. The molecule has 0 bridgehead atoms. The summed E-state index contributed by atoms with van der Waals surface area (Å²) in [5, 5.41) is 16.9. The van der Waals surface area contributed by atoms with Crippen LogP contribution in [0, 0.1) is 0 Å². The molecule has 3 aromatic rings. The number of hydrogen-bond acceptors (Lipinski definition) is 6. The molecule has 0 saturated carbocycles. The van der Waals surface area contributed by atoms with Crippen LogP contribution in [0.1, 0.15) is 48.5 Å². The van der Waals surface area contributed by atoms with E-state index in [4.69, 9.17) is 4.74 Å². The van der Waals surface area contributed by atoms with Crippen LogP contribution in [-0.2, 0) is 26.1 Å². The van der Waals surface area contributed by atoms with Gasteiger partial charge in [0.05, 0.1) is 24.8 Å². The van der Waals surface area contributed by atoms with Crippen LogP contribution in [0.15, 0.2) is 54.6 Å². The van der Waals surface area contributed by atoms with E-state index in [1.807, 2.05) is 49.4 Å². The maximum atomic E-state index is 13.2. The standard InChI is InChI=1S/C27H29N3O4S.ClH/c1-2-34-24-23-22(16-30(27(23)33)15-17-8-4-3-5-9-17)35-25(24)26(32)29-14-21(31)20-12-18-10-6-7-11-19(18)13-28-20;/h3-11,20-21,28,31H,2,12-16H2,1H3,(H,29,32);1H/t20-,21+;/m0./s1. The molecule has 0 saturated heterocycles. The van der Waals surface area contributed by atoms with Crippen LogP contribution in [0.2, 0.25) is 0 Å². The SMILES string of the molecule is CCOc1c(C(=O)NC[C@@H](O)[C@@H]2Cc3ccccc3CN2)sc2c1C(=O)N(Cc1ccccc1)C2.Cl. The molecule has 36 heavy (non-hydrogen) atoms. The van der Waals surface area contributed by atoms with Crippen LogP contribution in [0.3, 0.4) is 0 Å². The van der Waals surface area contributed by atoms with Crippen LogP contribution < -0.4 is 15.4 Å². The average molecular weight is 528 g/mol. The van der Waals surface area contributed by atoms with Gasteiger partial charge in [0, 0.05) is 30.6 Å². The topological polar surface area (TPSA) is 90.9 Å². The summed E-state index contributed by atoms with van der Waals surface area (Å²) >= 11 is 1.30. The lowest BCUT2D eigenvalue weighted by molar-refractivity contribution is 0.0763. The zero-order valence-electron chi connectivity index (χ0n) is 20.0. The Bertz CT molecular complexity index is 1230. The van der Waals surface area contributed by atoms with Gasteiger partial charge in [0.25, 0.3) is 11.8 Å². The van der Waals surface area contributed by atoms with Crippen LogP contribution in [0.25, 0.3) is 0 Å². The zero-order valence-corrected chi connectivity index (χ0v) is 21.7. The van der Waals surface area contributed by atoms with Gasteiger partial charge in [0.1, 0.15) is 4.88 Å². The molecule has 2 amide bonds. The molecule has 0 unspecified atom stereocenters. The summed E-state index contributed by atoms with van der Waals surface area (Å²) in [5.41, 5.74) is 4.00. The first-order chi connectivity index (χ1) is 17.0. The minimum Gasteiger partial charge on any atom is -0.491 e. The maximum absolute atomic E-state index is 13.2. The first-order valence-corrected chi connectivity index (χ1v) is 12.7. The Morgan fingerprint density at radius 2 is 1.92 bits per heavy atom. The third kappa shape index (κ3) is 5.27. The number of ether oxygens (including phenoxy) is 1. The van der Waals surface area contributed by atoms with Crippen molar-refractivity contribution in [1.29, 1.82) is 0 Å². The summed E-state index contributed by atoms with van der Waals surface area (Å²) < 4.78 is 5.80. The van der Waals surface area contributed by atoms with Crippen molar-refractivity contribution >= 4 is 35.6 Å². The highest BCUT2D eigenvalue weighted by Gasteiger charge is 2.37. The van der Waals surface area contributed by atoms with E-state index in [0.717, 1.165) is 10.4 Å². The summed E-state index contributed by atoms with van der Waals surface area (Å²) in [6.07, 6.45) is -0.0335. The molecule has 3 heterocycles. The fraction of sp³-hybridized carbons (Fsp3) is 0.333. The lowest BCUT2D eigenvalue weighted by Gasteiger charge is -2.30. The van der Waals surface area contributed by atoms with Gasteiger partial charge in [0.2, 0.25) is 0 Å². The number of carbonyl (C=O) groups excluding carboxylic acids is 2. The molecule has 2 aliphatic heterocycles. The van der Waals surface area contributed by atoms with Crippen molar-refractivity contribution in [2.75, 3.05) is 13.2 Å². The number of aliphatic hydroxyl groups excluding tert-OH is 1. The van der Waals surface area contributed by atoms with Crippen molar-refractivity contribution in [2.45, 2.75) is 45.1 Å². The first kappa shape index (κ1) is 26.2. The van der Waals surface area contributed by atoms with Gasteiger partial charge in [-0.15, -0.1) is 23.7 Å². The summed E-state index contributed by atoms with van der Waals surface area (Å²) in [6, 6.07) is 17.9. The molecule has 2 atom stereocenters. The third-order valence-corrected chi connectivity index (χ3v) is 7.69. The smallest absolute Gasteiger partial charge is 0.265 e. The maximum Gasteiger partial charge on any atom is 0.265 e. The van der Waals surface area contributed by atoms with Crippen molar-refractivity contribution in [3.8, 4) is 5.75 Å². The second-order valence-electron chi connectivity index (χ2n) is 8.88. The first-order valence-electron chi connectivity index (χ1n) is 11.9. The molecule has 0 fully saturated rings. The quantitative estimate of drug-likeness (QED) is 0.417. The van der Waals surface area contributed by atoms with E-state index in [0.29, 0.717) is 48.9 Å². The lowest BCUT2D eigenvalue weighted by atomic mass is 9.93. The molecule has 1 aromatic heterocycles. The van der Waals surface area contributed by atoms with Gasteiger partial charge in [-0.2, -0.15) is 0 Å². The van der Waals surface area contributed by atoms with Crippen LogP contribution >= 0.6 is 23.7 Å². The number of thiophene rings is 1. The largest absolute Gasteiger partial charge is 0.491 e. The number of rotatable bonds is 8. The number of amides is 2. The fourth-order valence-electron chi connectivity index (χ4n) is 4.73. The summed E-state index contributed by atoms with van der Waals surface area (Å²) in [4.78, 5) is 29.3. The number of nitrogens with zero attached hydrogens (tertiary/aromatic N) is 1. The normalized spacial score (nSPS) is 17.1. The van der Waals surface area contributed by atoms with E-state index in [2.05, 4.69) is 22.8 Å². The predicted octanol–water partition coefficient (Wildman–Crippen LogP) is 3.53. The van der Waals surface area contributed by atoms with Gasteiger partial charge in [0.15, 0.2) is 5.75 Å². The average Bonchev–Trinajstić information content (AvgIpc) is 3.39. The van der Waals surface area contributed by atoms with Gasteiger partial charge >= 0.3 is 0 Å². The molecule has 0 spiro atoms. The molecule has 190 valence electrons. The van der Waals surface area contributed by atoms with E-state index in [1.165, 1.54) is 22.5 Å².